The molecule has 0 saturated heterocycles. The minimum atomic E-state index is 0. The quantitative estimate of drug-likeness (QED) is 0.900. The van der Waals surface area contributed by atoms with Gasteiger partial charge in [0.2, 0.25) is 0 Å². The summed E-state index contributed by atoms with van der Waals surface area (Å²) in [5, 5.41) is 0. The van der Waals surface area contributed by atoms with E-state index in [1.165, 1.54) is 5.56 Å². The van der Waals surface area contributed by atoms with E-state index in [0.29, 0.717) is 6.54 Å². The summed E-state index contributed by atoms with van der Waals surface area (Å²) in [4.78, 5) is 0. The average molecular weight is 278 g/mol. The number of hydrogen-bond donors (Lipinski definition) is 1. The van der Waals surface area contributed by atoms with Gasteiger partial charge in [-0.05, 0) is 30.7 Å². The molecule has 0 heterocycles. The number of aryl methyl sites for hydroxylation is 1. The summed E-state index contributed by atoms with van der Waals surface area (Å²) in [5.41, 5.74) is 8.00. The minimum Gasteiger partial charge on any atom is -0.485 e. The molecule has 0 spiro atoms. The Morgan fingerprint density at radius 1 is 1.00 bits per heavy atom. The standard InChI is InChI=1S/C16H19NO.ClH/c1-13-7-5-6-10-15(13)18-16(11-12-17)14-8-3-2-4-9-14;/h2-10,16H,11-12,17H2,1H3;1H. The lowest BCUT2D eigenvalue weighted by Crippen LogP contribution is -2.13. The van der Waals surface area contributed by atoms with Crippen LogP contribution in [0.5, 0.6) is 5.75 Å². The smallest absolute Gasteiger partial charge is 0.125 e. The van der Waals surface area contributed by atoms with Gasteiger partial charge in [-0.15, -0.1) is 12.4 Å². The van der Waals surface area contributed by atoms with E-state index in [2.05, 4.69) is 25.1 Å². The Labute approximate surface area is 121 Å². The number of para-hydroxylation sites is 1. The van der Waals surface area contributed by atoms with Crippen LogP contribution in [0.25, 0.3) is 0 Å². The third-order valence-corrected chi connectivity index (χ3v) is 2.96. The second-order valence-electron chi connectivity index (χ2n) is 4.36. The molecular weight excluding hydrogens is 258 g/mol. The van der Waals surface area contributed by atoms with E-state index in [0.717, 1.165) is 17.7 Å². The van der Waals surface area contributed by atoms with Gasteiger partial charge in [0.25, 0.3) is 0 Å². The highest BCUT2D eigenvalue weighted by molar-refractivity contribution is 5.85. The second kappa shape index (κ2) is 7.82. The highest BCUT2D eigenvalue weighted by Crippen LogP contribution is 2.26. The molecule has 0 aromatic heterocycles. The van der Waals surface area contributed by atoms with Gasteiger partial charge in [-0.2, -0.15) is 0 Å². The Bertz CT molecular complexity index is 487. The molecule has 0 bridgehead atoms. The normalized spacial score (nSPS) is 11.5. The molecule has 3 heteroatoms. The SMILES string of the molecule is Cc1ccccc1OC(CCN)c1ccccc1.Cl. The Kier molecular flexibility index (Phi) is 6.40. The molecule has 1 atom stereocenters. The molecule has 1 unspecified atom stereocenters. The fraction of sp³-hybridized carbons (Fsp3) is 0.250. The Morgan fingerprint density at radius 3 is 2.26 bits per heavy atom. The summed E-state index contributed by atoms with van der Waals surface area (Å²) in [5.74, 6) is 0.930. The van der Waals surface area contributed by atoms with Crippen LogP contribution in [0.2, 0.25) is 0 Å². The van der Waals surface area contributed by atoms with E-state index in [9.17, 15) is 0 Å². The van der Waals surface area contributed by atoms with Crippen LogP contribution in [0.4, 0.5) is 0 Å². The highest BCUT2D eigenvalue weighted by atomic mass is 35.5. The monoisotopic (exact) mass is 277 g/mol. The summed E-state index contributed by atoms with van der Waals surface area (Å²) in [6.07, 6.45) is 0.843. The second-order valence-corrected chi connectivity index (χ2v) is 4.36. The molecule has 0 aliphatic heterocycles. The van der Waals surface area contributed by atoms with Crippen LogP contribution in [-0.2, 0) is 0 Å². The first kappa shape index (κ1) is 15.5. The topological polar surface area (TPSA) is 35.2 Å². The predicted octanol–water partition coefficient (Wildman–Crippen LogP) is 3.89. The fourth-order valence-electron chi connectivity index (χ4n) is 1.95. The Balaban J connectivity index is 0.00000180. The van der Waals surface area contributed by atoms with Crippen molar-refractivity contribution in [3.05, 3.63) is 65.7 Å². The van der Waals surface area contributed by atoms with Crippen molar-refractivity contribution in [2.45, 2.75) is 19.4 Å². The molecular formula is C16H20ClNO. The first-order valence-corrected chi connectivity index (χ1v) is 6.28. The maximum atomic E-state index is 6.09. The first-order chi connectivity index (χ1) is 8.81. The zero-order chi connectivity index (χ0) is 12.8. The van der Waals surface area contributed by atoms with Gasteiger partial charge < -0.3 is 10.5 Å². The van der Waals surface area contributed by atoms with Crippen LogP contribution in [0, 0.1) is 6.92 Å². The molecule has 0 saturated carbocycles. The van der Waals surface area contributed by atoms with Gasteiger partial charge in [0.05, 0.1) is 0 Å². The molecule has 0 aliphatic rings. The minimum absolute atomic E-state index is 0. The Morgan fingerprint density at radius 2 is 1.63 bits per heavy atom. The van der Waals surface area contributed by atoms with Gasteiger partial charge in [0, 0.05) is 6.42 Å². The molecule has 0 fully saturated rings. The van der Waals surface area contributed by atoms with Crippen LogP contribution in [0.3, 0.4) is 0 Å². The largest absolute Gasteiger partial charge is 0.485 e. The number of nitrogens with two attached hydrogens (primary N) is 1. The van der Waals surface area contributed by atoms with Crippen molar-refractivity contribution in [2.24, 2.45) is 5.73 Å². The van der Waals surface area contributed by atoms with Crippen LogP contribution in [0.1, 0.15) is 23.7 Å². The van der Waals surface area contributed by atoms with Gasteiger partial charge in [0.1, 0.15) is 11.9 Å². The lowest BCUT2D eigenvalue weighted by Gasteiger charge is -2.20. The van der Waals surface area contributed by atoms with Crippen molar-refractivity contribution < 1.29 is 4.74 Å². The zero-order valence-corrected chi connectivity index (χ0v) is 11.9. The lowest BCUT2D eigenvalue weighted by molar-refractivity contribution is 0.196. The van der Waals surface area contributed by atoms with Crippen LogP contribution in [0.15, 0.2) is 54.6 Å². The van der Waals surface area contributed by atoms with E-state index in [1.807, 2.05) is 36.4 Å². The number of benzene rings is 2. The Hall–Kier alpha value is -1.51. The molecule has 2 rings (SSSR count). The van der Waals surface area contributed by atoms with E-state index >= 15 is 0 Å². The lowest BCUT2D eigenvalue weighted by atomic mass is 10.1. The molecule has 2 aromatic carbocycles. The van der Waals surface area contributed by atoms with Crippen molar-refractivity contribution in [1.82, 2.24) is 0 Å². The van der Waals surface area contributed by atoms with E-state index in [1.54, 1.807) is 0 Å². The summed E-state index contributed by atoms with van der Waals surface area (Å²) >= 11 is 0. The van der Waals surface area contributed by atoms with Crippen molar-refractivity contribution >= 4 is 12.4 Å². The van der Waals surface area contributed by atoms with Gasteiger partial charge in [-0.25, -0.2) is 0 Å². The molecule has 2 N–H and O–H groups in total. The molecule has 0 radical (unpaired) electrons. The number of ether oxygens (including phenoxy) is 1. The molecule has 2 nitrogen and oxygen atoms in total. The molecule has 2 aromatic rings. The van der Waals surface area contributed by atoms with Crippen LogP contribution >= 0.6 is 12.4 Å². The number of halogens is 1. The van der Waals surface area contributed by atoms with E-state index < -0.39 is 0 Å². The van der Waals surface area contributed by atoms with E-state index in [4.69, 9.17) is 10.5 Å². The van der Waals surface area contributed by atoms with Crippen molar-refractivity contribution in [1.29, 1.82) is 0 Å². The van der Waals surface area contributed by atoms with Crippen LogP contribution in [-0.4, -0.2) is 6.54 Å². The summed E-state index contributed by atoms with van der Waals surface area (Å²) in [6.45, 7) is 2.67. The average Bonchev–Trinajstić information content (AvgIpc) is 2.42. The zero-order valence-electron chi connectivity index (χ0n) is 11.1. The highest BCUT2D eigenvalue weighted by Gasteiger charge is 2.13. The number of rotatable bonds is 5. The third-order valence-electron chi connectivity index (χ3n) is 2.96. The van der Waals surface area contributed by atoms with Crippen molar-refractivity contribution in [2.75, 3.05) is 6.54 Å². The first-order valence-electron chi connectivity index (χ1n) is 6.28. The summed E-state index contributed by atoms with van der Waals surface area (Å²) in [7, 11) is 0. The van der Waals surface area contributed by atoms with Gasteiger partial charge >= 0.3 is 0 Å². The van der Waals surface area contributed by atoms with Gasteiger partial charge in [-0.3, -0.25) is 0 Å². The molecule has 0 amide bonds. The summed E-state index contributed by atoms with van der Waals surface area (Å²) < 4.78 is 6.09. The maximum absolute atomic E-state index is 6.09. The fourth-order valence-corrected chi connectivity index (χ4v) is 1.95. The van der Waals surface area contributed by atoms with Crippen molar-refractivity contribution in [3.8, 4) is 5.75 Å². The maximum Gasteiger partial charge on any atom is 0.125 e. The van der Waals surface area contributed by atoms with Crippen LogP contribution < -0.4 is 10.5 Å². The molecule has 19 heavy (non-hydrogen) atoms. The van der Waals surface area contributed by atoms with Gasteiger partial charge in [-0.1, -0.05) is 48.5 Å². The predicted molar refractivity (Wildman–Crippen MR) is 81.9 cm³/mol. The van der Waals surface area contributed by atoms with E-state index in [-0.39, 0.29) is 18.5 Å². The number of hydrogen-bond acceptors (Lipinski definition) is 2. The van der Waals surface area contributed by atoms with Crippen molar-refractivity contribution in [3.63, 3.8) is 0 Å². The third kappa shape index (κ3) is 4.27. The summed E-state index contributed by atoms with van der Waals surface area (Å²) in [6, 6.07) is 18.3. The molecule has 0 aliphatic carbocycles. The molecule has 102 valence electrons. The van der Waals surface area contributed by atoms with Gasteiger partial charge in [0.15, 0.2) is 0 Å².